The van der Waals surface area contributed by atoms with E-state index in [2.05, 4.69) is 30.1 Å². The van der Waals surface area contributed by atoms with E-state index in [1.165, 1.54) is 6.92 Å². The summed E-state index contributed by atoms with van der Waals surface area (Å²) in [7, 11) is 4.08. The first-order valence-corrected chi connectivity index (χ1v) is 6.69. The summed E-state index contributed by atoms with van der Waals surface area (Å²) in [5.41, 5.74) is 1.99. The van der Waals surface area contributed by atoms with Crippen LogP contribution in [0.15, 0.2) is 18.2 Å². The zero-order chi connectivity index (χ0) is 15.3. The molecule has 0 fully saturated rings. The molecule has 0 saturated heterocycles. The van der Waals surface area contributed by atoms with Crippen molar-refractivity contribution in [2.45, 2.75) is 20.8 Å². The Morgan fingerprint density at radius 1 is 1.40 bits per heavy atom. The lowest BCUT2D eigenvalue weighted by atomic mass is 9.92. The van der Waals surface area contributed by atoms with Gasteiger partial charge < -0.3 is 10.2 Å². The lowest BCUT2D eigenvalue weighted by Gasteiger charge is -2.29. The summed E-state index contributed by atoms with van der Waals surface area (Å²) < 4.78 is 0. The molecule has 20 heavy (non-hydrogen) atoms. The van der Waals surface area contributed by atoms with Crippen LogP contribution in [0.1, 0.15) is 36.7 Å². The molecular formula is C16H23N3O. The fourth-order valence-corrected chi connectivity index (χ4v) is 2.25. The maximum Gasteiger partial charge on any atom is 0.159 e. The number of nitrogens with one attached hydrogen (secondary N) is 1. The van der Waals surface area contributed by atoms with Crippen LogP contribution in [0.4, 0.5) is 5.69 Å². The second kappa shape index (κ2) is 6.53. The van der Waals surface area contributed by atoms with E-state index in [0.29, 0.717) is 11.1 Å². The number of nitrogens with zero attached hydrogens (tertiary/aromatic N) is 2. The molecule has 0 aromatic heterocycles. The van der Waals surface area contributed by atoms with Crippen molar-refractivity contribution in [2.24, 2.45) is 5.41 Å². The third kappa shape index (κ3) is 4.67. The lowest BCUT2D eigenvalue weighted by Crippen LogP contribution is -2.34. The molecule has 1 aromatic rings. The fraction of sp³-hybridized carbons (Fsp3) is 0.500. The SMILES string of the molecule is CC(=O)c1ccc(C#N)c(NCC(C)(C)CN(C)C)c1. The maximum atomic E-state index is 11.4. The van der Waals surface area contributed by atoms with Gasteiger partial charge in [0.05, 0.1) is 11.3 Å². The standard InChI is InChI=1S/C16H23N3O/c1-12(20)13-6-7-14(9-17)15(8-13)18-10-16(2,3)11-19(4)5/h6-8,18H,10-11H2,1-5H3. The van der Waals surface area contributed by atoms with Crippen molar-refractivity contribution in [1.29, 1.82) is 5.26 Å². The number of nitriles is 1. The second-order valence-corrected chi connectivity index (χ2v) is 6.18. The first kappa shape index (κ1) is 16.2. The van der Waals surface area contributed by atoms with Crippen LogP contribution in [0, 0.1) is 16.7 Å². The summed E-state index contributed by atoms with van der Waals surface area (Å²) >= 11 is 0. The van der Waals surface area contributed by atoms with E-state index in [9.17, 15) is 4.79 Å². The van der Waals surface area contributed by atoms with Crippen molar-refractivity contribution in [3.8, 4) is 6.07 Å². The minimum Gasteiger partial charge on any atom is -0.383 e. The zero-order valence-corrected chi connectivity index (χ0v) is 12.9. The van der Waals surface area contributed by atoms with Crippen LogP contribution in [-0.4, -0.2) is 37.9 Å². The van der Waals surface area contributed by atoms with Crippen LogP contribution in [0.5, 0.6) is 0 Å². The van der Waals surface area contributed by atoms with Crippen LogP contribution >= 0.6 is 0 Å². The Balaban J connectivity index is 2.88. The molecule has 0 aliphatic rings. The molecule has 1 aromatic carbocycles. The van der Waals surface area contributed by atoms with Gasteiger partial charge in [0.25, 0.3) is 0 Å². The monoisotopic (exact) mass is 273 g/mol. The highest BCUT2D eigenvalue weighted by atomic mass is 16.1. The van der Waals surface area contributed by atoms with Gasteiger partial charge in [-0.05, 0) is 44.6 Å². The van der Waals surface area contributed by atoms with E-state index in [4.69, 9.17) is 5.26 Å². The van der Waals surface area contributed by atoms with Crippen molar-refractivity contribution >= 4 is 11.5 Å². The molecule has 4 heteroatoms. The third-order valence-corrected chi connectivity index (χ3v) is 3.05. The second-order valence-electron chi connectivity index (χ2n) is 6.18. The molecule has 0 atom stereocenters. The van der Waals surface area contributed by atoms with Crippen LogP contribution in [-0.2, 0) is 0 Å². The number of benzene rings is 1. The Hall–Kier alpha value is -1.86. The molecule has 0 spiro atoms. The van der Waals surface area contributed by atoms with Gasteiger partial charge in [-0.1, -0.05) is 13.8 Å². The zero-order valence-electron chi connectivity index (χ0n) is 12.9. The third-order valence-electron chi connectivity index (χ3n) is 3.05. The highest BCUT2D eigenvalue weighted by Gasteiger charge is 2.19. The summed E-state index contributed by atoms with van der Waals surface area (Å²) in [4.78, 5) is 13.6. The molecule has 4 nitrogen and oxygen atoms in total. The fourth-order valence-electron chi connectivity index (χ4n) is 2.25. The summed E-state index contributed by atoms with van der Waals surface area (Å²) in [5.74, 6) is 0.00471. The predicted octanol–water partition coefficient (Wildman–Crippen LogP) is 2.76. The predicted molar refractivity (Wildman–Crippen MR) is 82.0 cm³/mol. The largest absolute Gasteiger partial charge is 0.383 e. The van der Waals surface area contributed by atoms with E-state index >= 15 is 0 Å². The number of rotatable bonds is 6. The average molecular weight is 273 g/mol. The number of ketones is 1. The molecule has 0 saturated carbocycles. The summed E-state index contributed by atoms with van der Waals surface area (Å²) in [6.07, 6.45) is 0. The minimum absolute atomic E-state index is 0.00471. The van der Waals surface area contributed by atoms with Gasteiger partial charge in [-0.2, -0.15) is 5.26 Å². The number of hydrogen-bond donors (Lipinski definition) is 1. The normalized spacial score (nSPS) is 11.2. The topological polar surface area (TPSA) is 56.1 Å². The number of carbonyl (C=O) groups excluding carboxylic acids is 1. The molecule has 0 radical (unpaired) electrons. The highest BCUT2D eigenvalue weighted by Crippen LogP contribution is 2.21. The molecule has 0 aliphatic carbocycles. The summed E-state index contributed by atoms with van der Waals surface area (Å²) in [6.45, 7) is 7.54. The molecule has 1 rings (SSSR count). The molecule has 0 amide bonds. The van der Waals surface area contributed by atoms with E-state index in [1.54, 1.807) is 18.2 Å². The van der Waals surface area contributed by atoms with Gasteiger partial charge in [-0.25, -0.2) is 0 Å². The molecule has 0 aliphatic heterocycles. The van der Waals surface area contributed by atoms with Gasteiger partial charge in [-0.3, -0.25) is 4.79 Å². The van der Waals surface area contributed by atoms with E-state index in [0.717, 1.165) is 18.8 Å². The van der Waals surface area contributed by atoms with Crippen molar-refractivity contribution < 1.29 is 4.79 Å². The van der Waals surface area contributed by atoms with Crippen molar-refractivity contribution in [2.75, 3.05) is 32.5 Å². The van der Waals surface area contributed by atoms with Gasteiger partial charge in [0.2, 0.25) is 0 Å². The summed E-state index contributed by atoms with van der Waals surface area (Å²) in [5, 5.41) is 12.4. The number of Topliss-reactive ketones (excluding diaryl/α,β-unsaturated/α-hetero) is 1. The van der Waals surface area contributed by atoms with Gasteiger partial charge in [0, 0.05) is 18.7 Å². The Kier molecular flexibility index (Phi) is 5.29. The molecular weight excluding hydrogens is 250 g/mol. The van der Waals surface area contributed by atoms with Gasteiger partial charge >= 0.3 is 0 Å². The molecule has 0 bridgehead atoms. The van der Waals surface area contributed by atoms with Crippen LogP contribution in [0.2, 0.25) is 0 Å². The number of hydrogen-bond acceptors (Lipinski definition) is 4. The highest BCUT2D eigenvalue weighted by molar-refractivity contribution is 5.95. The van der Waals surface area contributed by atoms with Crippen molar-refractivity contribution in [1.82, 2.24) is 4.90 Å². The smallest absolute Gasteiger partial charge is 0.159 e. The Labute approximate surface area is 121 Å². The van der Waals surface area contributed by atoms with E-state index in [-0.39, 0.29) is 11.2 Å². The van der Waals surface area contributed by atoms with Crippen LogP contribution < -0.4 is 5.32 Å². The Bertz CT molecular complexity index is 527. The Morgan fingerprint density at radius 3 is 2.55 bits per heavy atom. The Morgan fingerprint density at radius 2 is 2.05 bits per heavy atom. The maximum absolute atomic E-state index is 11.4. The van der Waals surface area contributed by atoms with Crippen LogP contribution in [0.25, 0.3) is 0 Å². The average Bonchev–Trinajstić information content (AvgIpc) is 2.34. The van der Waals surface area contributed by atoms with Gasteiger partial charge in [0.1, 0.15) is 6.07 Å². The van der Waals surface area contributed by atoms with Gasteiger partial charge in [0.15, 0.2) is 5.78 Å². The number of anilines is 1. The van der Waals surface area contributed by atoms with E-state index in [1.807, 2.05) is 14.1 Å². The number of carbonyl (C=O) groups is 1. The quantitative estimate of drug-likeness (QED) is 0.810. The molecule has 0 heterocycles. The molecule has 0 unspecified atom stereocenters. The lowest BCUT2D eigenvalue weighted by molar-refractivity contribution is 0.101. The first-order valence-electron chi connectivity index (χ1n) is 6.69. The molecule has 1 N–H and O–H groups in total. The van der Waals surface area contributed by atoms with E-state index < -0.39 is 0 Å². The van der Waals surface area contributed by atoms with Crippen molar-refractivity contribution in [3.05, 3.63) is 29.3 Å². The van der Waals surface area contributed by atoms with Crippen molar-refractivity contribution in [3.63, 3.8) is 0 Å². The molecule has 108 valence electrons. The minimum atomic E-state index is 0.00471. The van der Waals surface area contributed by atoms with Gasteiger partial charge in [-0.15, -0.1) is 0 Å². The first-order chi connectivity index (χ1) is 9.25. The summed E-state index contributed by atoms with van der Waals surface area (Å²) in [6, 6.07) is 7.30. The van der Waals surface area contributed by atoms with Crippen LogP contribution in [0.3, 0.4) is 0 Å².